The summed E-state index contributed by atoms with van der Waals surface area (Å²) in [6.07, 6.45) is 1.44. The van der Waals surface area contributed by atoms with Crippen molar-refractivity contribution in [2.24, 2.45) is 5.92 Å². The molecule has 7 heteroatoms. The third-order valence-corrected chi connectivity index (χ3v) is 5.52. The van der Waals surface area contributed by atoms with E-state index >= 15 is 0 Å². The average molecular weight is 416 g/mol. The molecule has 2 aromatic carbocycles. The van der Waals surface area contributed by atoms with Crippen LogP contribution in [0.4, 0.5) is 11.4 Å². The number of rotatable bonds is 6. The highest BCUT2D eigenvalue weighted by molar-refractivity contribution is 6.31. The summed E-state index contributed by atoms with van der Waals surface area (Å²) in [5.74, 6) is 0.426. The van der Waals surface area contributed by atoms with Crippen molar-refractivity contribution in [3.05, 3.63) is 53.6 Å². The molecule has 1 aliphatic heterocycles. The number of carbonyl (C=O) groups excluding carboxylic acids is 2. The van der Waals surface area contributed by atoms with Gasteiger partial charge in [-0.25, -0.2) is 0 Å². The molecule has 0 aromatic heterocycles. The molecule has 2 N–H and O–H groups in total. The van der Waals surface area contributed by atoms with Crippen molar-refractivity contribution >= 4 is 34.8 Å². The summed E-state index contributed by atoms with van der Waals surface area (Å²) >= 11 is 6.03. The minimum Gasteiger partial charge on any atom is -0.495 e. The second-order valence-electron chi connectivity index (χ2n) is 7.18. The van der Waals surface area contributed by atoms with Gasteiger partial charge < -0.3 is 15.4 Å². The highest BCUT2D eigenvalue weighted by Crippen LogP contribution is 2.28. The molecule has 0 aliphatic carbocycles. The molecule has 1 aliphatic rings. The first-order chi connectivity index (χ1) is 14.0. The van der Waals surface area contributed by atoms with Crippen LogP contribution in [0.25, 0.3) is 0 Å². The summed E-state index contributed by atoms with van der Waals surface area (Å²) in [5.41, 5.74) is 1.36. The number of halogens is 1. The molecule has 154 valence electrons. The number of likely N-dealkylation sites (tertiary alicyclic amines) is 1. The van der Waals surface area contributed by atoms with Gasteiger partial charge in [-0.05, 0) is 63.2 Å². The largest absolute Gasteiger partial charge is 0.495 e. The quantitative estimate of drug-likeness (QED) is 0.747. The van der Waals surface area contributed by atoms with Gasteiger partial charge in [0.05, 0.1) is 18.8 Å². The van der Waals surface area contributed by atoms with Gasteiger partial charge in [0.15, 0.2) is 0 Å². The van der Waals surface area contributed by atoms with Crippen molar-refractivity contribution in [3.8, 4) is 5.75 Å². The SMILES string of the molecule is COc1ccc(Cl)cc1NC(=O)[C@@H](C)N1CCC(C(=O)Nc2ccccc2)CC1. The lowest BCUT2D eigenvalue weighted by atomic mass is 9.94. The van der Waals surface area contributed by atoms with Crippen molar-refractivity contribution in [1.82, 2.24) is 4.90 Å². The smallest absolute Gasteiger partial charge is 0.241 e. The fourth-order valence-corrected chi connectivity index (χ4v) is 3.67. The Morgan fingerprint density at radius 3 is 2.45 bits per heavy atom. The molecule has 0 saturated carbocycles. The van der Waals surface area contributed by atoms with Crippen LogP contribution in [0.3, 0.4) is 0 Å². The predicted octanol–water partition coefficient (Wildman–Crippen LogP) is 4.03. The van der Waals surface area contributed by atoms with E-state index in [4.69, 9.17) is 16.3 Å². The number of benzene rings is 2. The van der Waals surface area contributed by atoms with Gasteiger partial charge in [-0.2, -0.15) is 0 Å². The molecule has 0 unspecified atom stereocenters. The second kappa shape index (κ2) is 9.76. The molecule has 1 saturated heterocycles. The van der Waals surface area contributed by atoms with Crippen LogP contribution in [-0.2, 0) is 9.59 Å². The Morgan fingerprint density at radius 2 is 1.79 bits per heavy atom. The summed E-state index contributed by atoms with van der Waals surface area (Å²) in [5, 5.41) is 6.39. The third kappa shape index (κ3) is 5.49. The molecule has 1 atom stereocenters. The Hall–Kier alpha value is -2.57. The molecular weight excluding hydrogens is 390 g/mol. The maximum absolute atomic E-state index is 12.7. The van der Waals surface area contributed by atoms with Gasteiger partial charge in [0.25, 0.3) is 0 Å². The number of piperidine rings is 1. The van der Waals surface area contributed by atoms with Crippen molar-refractivity contribution in [3.63, 3.8) is 0 Å². The topological polar surface area (TPSA) is 70.7 Å². The minimum absolute atomic E-state index is 0.0385. The van der Waals surface area contributed by atoms with Crippen molar-refractivity contribution in [2.45, 2.75) is 25.8 Å². The van der Waals surface area contributed by atoms with Crippen LogP contribution < -0.4 is 15.4 Å². The third-order valence-electron chi connectivity index (χ3n) is 5.29. The number of anilines is 2. The molecule has 0 bridgehead atoms. The van der Waals surface area contributed by atoms with Crippen molar-refractivity contribution in [1.29, 1.82) is 0 Å². The first-order valence-electron chi connectivity index (χ1n) is 9.72. The molecular formula is C22H26ClN3O3. The van der Waals surface area contributed by atoms with E-state index in [0.717, 1.165) is 18.5 Å². The molecule has 6 nitrogen and oxygen atoms in total. The lowest BCUT2D eigenvalue weighted by molar-refractivity contribution is -0.123. The fraction of sp³-hybridized carbons (Fsp3) is 0.364. The Balaban J connectivity index is 1.53. The molecule has 0 radical (unpaired) electrons. The van der Waals surface area contributed by atoms with Crippen LogP contribution in [-0.4, -0.2) is 43.0 Å². The maximum atomic E-state index is 12.7. The average Bonchev–Trinajstić information content (AvgIpc) is 2.74. The van der Waals surface area contributed by atoms with Gasteiger partial charge in [-0.1, -0.05) is 29.8 Å². The van der Waals surface area contributed by atoms with Crippen LogP contribution in [0.1, 0.15) is 19.8 Å². The number of hydrogen-bond acceptors (Lipinski definition) is 4. The summed E-state index contributed by atoms with van der Waals surface area (Å²) in [4.78, 5) is 27.3. The van der Waals surface area contributed by atoms with E-state index in [1.807, 2.05) is 37.3 Å². The van der Waals surface area contributed by atoms with E-state index in [0.29, 0.717) is 29.5 Å². The van der Waals surface area contributed by atoms with E-state index in [-0.39, 0.29) is 23.8 Å². The normalized spacial score (nSPS) is 16.1. The van der Waals surface area contributed by atoms with Crippen LogP contribution >= 0.6 is 11.6 Å². The highest BCUT2D eigenvalue weighted by Gasteiger charge is 2.30. The second-order valence-corrected chi connectivity index (χ2v) is 7.61. The number of nitrogens with zero attached hydrogens (tertiary/aromatic N) is 1. The summed E-state index contributed by atoms with van der Waals surface area (Å²) in [7, 11) is 1.55. The Kier molecular flexibility index (Phi) is 7.12. The first kappa shape index (κ1) is 21.1. The van der Waals surface area contributed by atoms with Gasteiger partial charge in [-0.3, -0.25) is 14.5 Å². The van der Waals surface area contributed by atoms with E-state index in [2.05, 4.69) is 15.5 Å². The van der Waals surface area contributed by atoms with E-state index in [1.165, 1.54) is 0 Å². The van der Waals surface area contributed by atoms with Gasteiger partial charge in [0, 0.05) is 16.6 Å². The predicted molar refractivity (Wildman–Crippen MR) is 115 cm³/mol. The molecule has 1 fully saturated rings. The Morgan fingerprint density at radius 1 is 1.10 bits per heavy atom. The number of nitrogens with one attached hydrogen (secondary N) is 2. The number of amides is 2. The molecule has 2 amide bonds. The van der Waals surface area contributed by atoms with Crippen molar-refractivity contribution < 1.29 is 14.3 Å². The first-order valence-corrected chi connectivity index (χ1v) is 10.1. The molecule has 29 heavy (non-hydrogen) atoms. The monoisotopic (exact) mass is 415 g/mol. The zero-order valence-electron chi connectivity index (χ0n) is 16.7. The van der Waals surface area contributed by atoms with Gasteiger partial charge in [0.1, 0.15) is 5.75 Å². The number of carbonyl (C=O) groups is 2. The van der Waals surface area contributed by atoms with Crippen LogP contribution in [0, 0.1) is 5.92 Å². The number of hydrogen-bond donors (Lipinski definition) is 2. The molecule has 2 aromatic rings. The minimum atomic E-state index is -0.322. The lowest BCUT2D eigenvalue weighted by Gasteiger charge is -2.34. The van der Waals surface area contributed by atoms with Crippen molar-refractivity contribution in [2.75, 3.05) is 30.8 Å². The van der Waals surface area contributed by atoms with E-state index in [9.17, 15) is 9.59 Å². The van der Waals surface area contributed by atoms with Gasteiger partial charge in [-0.15, -0.1) is 0 Å². The van der Waals surface area contributed by atoms with Gasteiger partial charge in [0.2, 0.25) is 11.8 Å². The summed E-state index contributed by atoms with van der Waals surface area (Å²) in [6, 6.07) is 14.2. The summed E-state index contributed by atoms with van der Waals surface area (Å²) < 4.78 is 5.28. The van der Waals surface area contributed by atoms with Crippen LogP contribution in [0.15, 0.2) is 48.5 Å². The number of para-hydroxylation sites is 1. The van der Waals surface area contributed by atoms with E-state index < -0.39 is 0 Å². The van der Waals surface area contributed by atoms with Crippen LogP contribution in [0.5, 0.6) is 5.75 Å². The Bertz CT molecular complexity index is 852. The number of ether oxygens (including phenoxy) is 1. The maximum Gasteiger partial charge on any atom is 0.241 e. The van der Waals surface area contributed by atoms with E-state index in [1.54, 1.807) is 25.3 Å². The van der Waals surface area contributed by atoms with Crippen LogP contribution in [0.2, 0.25) is 5.02 Å². The molecule has 0 spiro atoms. The fourth-order valence-electron chi connectivity index (χ4n) is 3.50. The summed E-state index contributed by atoms with van der Waals surface area (Å²) in [6.45, 7) is 3.25. The number of methoxy groups -OCH3 is 1. The standard InChI is InChI=1S/C22H26ClN3O3/c1-15(21(27)25-19-14-17(23)8-9-20(19)29-2)26-12-10-16(11-13-26)22(28)24-18-6-4-3-5-7-18/h3-9,14-16H,10-13H2,1-2H3,(H,24,28)(H,25,27)/t15-/m1/s1. The zero-order chi connectivity index (χ0) is 20.8. The van der Waals surface area contributed by atoms with Gasteiger partial charge >= 0.3 is 0 Å². The zero-order valence-corrected chi connectivity index (χ0v) is 17.4. The highest BCUT2D eigenvalue weighted by atomic mass is 35.5. The molecule has 1 heterocycles. The Labute approximate surface area is 176 Å². The lowest BCUT2D eigenvalue weighted by Crippen LogP contribution is -2.47. The molecule has 3 rings (SSSR count).